The molecule has 0 aliphatic rings. The van der Waals surface area contributed by atoms with Crippen molar-refractivity contribution in [3.8, 4) is 0 Å². The van der Waals surface area contributed by atoms with Crippen LogP contribution in [0, 0.1) is 4.78 Å². The van der Waals surface area contributed by atoms with E-state index >= 15 is 0 Å². The lowest BCUT2D eigenvalue weighted by Crippen LogP contribution is -2.32. The van der Waals surface area contributed by atoms with E-state index in [1.807, 2.05) is 6.92 Å². The van der Waals surface area contributed by atoms with E-state index in [9.17, 15) is 9.00 Å². The highest BCUT2D eigenvalue weighted by atomic mass is 32.2. The van der Waals surface area contributed by atoms with Gasteiger partial charge in [0.05, 0.1) is 0 Å². The summed E-state index contributed by atoms with van der Waals surface area (Å²) in [5.74, 6) is -0.708. The molecule has 0 radical (unpaired) electrons. The zero-order valence-electron chi connectivity index (χ0n) is 7.66. The van der Waals surface area contributed by atoms with Crippen LogP contribution in [0.1, 0.15) is 19.8 Å². The van der Waals surface area contributed by atoms with E-state index in [1.54, 1.807) is 0 Å². The fraction of sp³-hybridized carbons (Fsp3) is 0.857. The van der Waals surface area contributed by atoms with Crippen molar-refractivity contribution in [2.24, 2.45) is 5.73 Å². The number of hydrogen-bond donors (Lipinski definition) is 3. The van der Waals surface area contributed by atoms with Crippen molar-refractivity contribution in [1.29, 1.82) is 4.78 Å². The number of carbonyl (C=O) groups is 1. The van der Waals surface area contributed by atoms with Gasteiger partial charge in [0.25, 0.3) is 0 Å². The Bertz CT molecular complexity index is 261. The molecule has 0 heterocycles. The Balaban J connectivity index is 3.95. The van der Waals surface area contributed by atoms with Crippen molar-refractivity contribution in [2.75, 3.05) is 11.5 Å². The Kier molecular flexibility index (Phi) is 4.94. The maximum absolute atomic E-state index is 11.3. The minimum atomic E-state index is -2.60. The summed E-state index contributed by atoms with van der Waals surface area (Å²) < 4.78 is 18.7. The normalized spacial score (nSPS) is 17.7. The highest BCUT2D eigenvalue weighted by molar-refractivity contribution is 7.92. The van der Waals surface area contributed by atoms with Gasteiger partial charge in [-0.2, -0.15) is 0 Å². The van der Waals surface area contributed by atoms with Crippen molar-refractivity contribution >= 4 is 15.7 Å². The van der Waals surface area contributed by atoms with Crippen LogP contribution in [0.3, 0.4) is 0 Å². The second kappa shape index (κ2) is 5.18. The molecule has 0 amide bonds. The Morgan fingerprint density at radius 1 is 1.62 bits per heavy atom. The summed E-state index contributed by atoms with van der Waals surface area (Å²) in [4.78, 5) is 10.3. The van der Waals surface area contributed by atoms with Gasteiger partial charge in [-0.25, -0.2) is 4.21 Å². The van der Waals surface area contributed by atoms with Crippen LogP contribution in [0.5, 0.6) is 0 Å². The first-order valence-electron chi connectivity index (χ1n) is 4.11. The molecule has 0 unspecified atom stereocenters. The topological polar surface area (TPSA) is 104 Å². The van der Waals surface area contributed by atoms with Gasteiger partial charge in [-0.3, -0.25) is 9.57 Å². The zero-order valence-corrected chi connectivity index (χ0v) is 8.47. The Hall–Kier alpha value is -0.620. The van der Waals surface area contributed by atoms with Gasteiger partial charge < -0.3 is 10.8 Å². The van der Waals surface area contributed by atoms with Crippen molar-refractivity contribution < 1.29 is 14.1 Å². The van der Waals surface area contributed by atoms with Crippen LogP contribution in [-0.2, 0) is 14.5 Å². The number of aliphatic carboxylic acids is 1. The van der Waals surface area contributed by atoms with Crippen LogP contribution in [-0.4, -0.2) is 32.8 Å². The van der Waals surface area contributed by atoms with E-state index in [-0.39, 0.29) is 12.2 Å². The Morgan fingerprint density at radius 2 is 2.15 bits per heavy atom. The molecule has 5 nitrogen and oxygen atoms in total. The van der Waals surface area contributed by atoms with E-state index < -0.39 is 21.7 Å². The fourth-order valence-electron chi connectivity index (χ4n) is 0.873. The van der Waals surface area contributed by atoms with Crippen molar-refractivity contribution in [3.63, 3.8) is 0 Å². The summed E-state index contributed by atoms with van der Waals surface area (Å²) in [6.07, 6.45) is 0.780. The van der Waals surface area contributed by atoms with Crippen molar-refractivity contribution in [1.82, 2.24) is 0 Å². The molecule has 0 aliphatic heterocycles. The number of nitrogens with one attached hydrogen (secondary N) is 1. The van der Waals surface area contributed by atoms with Gasteiger partial charge in [0.2, 0.25) is 0 Å². The first-order valence-corrected chi connectivity index (χ1v) is 6.01. The average Bonchev–Trinajstić information content (AvgIpc) is 2.00. The lowest BCUT2D eigenvalue weighted by atomic mass is 10.2. The second-order valence-electron chi connectivity index (χ2n) is 2.95. The molecule has 0 spiro atoms. The second-order valence-corrected chi connectivity index (χ2v) is 5.39. The smallest absolute Gasteiger partial charge is 0.320 e. The van der Waals surface area contributed by atoms with E-state index in [2.05, 4.69) is 0 Å². The molecule has 0 saturated heterocycles. The summed E-state index contributed by atoms with van der Waals surface area (Å²) in [7, 11) is -2.60. The van der Waals surface area contributed by atoms with E-state index in [0.29, 0.717) is 12.2 Å². The predicted octanol–water partition coefficient (Wildman–Crippen LogP) is 0.245. The summed E-state index contributed by atoms with van der Waals surface area (Å²) in [6, 6.07) is -0.997. The van der Waals surface area contributed by atoms with Gasteiger partial charge in [0.1, 0.15) is 6.04 Å². The van der Waals surface area contributed by atoms with Crippen molar-refractivity contribution in [3.05, 3.63) is 0 Å². The molecule has 0 saturated carbocycles. The number of hydrogen-bond acceptors (Lipinski definition) is 4. The first-order chi connectivity index (χ1) is 5.89. The molecule has 0 bridgehead atoms. The van der Waals surface area contributed by atoms with E-state index in [4.69, 9.17) is 15.6 Å². The minimum absolute atomic E-state index is 0.0777. The van der Waals surface area contributed by atoms with Crippen LogP contribution < -0.4 is 5.73 Å². The number of carboxylic acid groups (broad SMARTS) is 1. The van der Waals surface area contributed by atoms with E-state index in [1.165, 1.54) is 0 Å². The van der Waals surface area contributed by atoms with E-state index in [0.717, 1.165) is 0 Å². The minimum Gasteiger partial charge on any atom is -0.480 e. The SMILES string of the molecule is CCC[S@](=N)(=O)CC[C@@H](N)C(=O)O. The lowest BCUT2D eigenvalue weighted by molar-refractivity contribution is -0.138. The largest absolute Gasteiger partial charge is 0.480 e. The molecule has 2 atom stereocenters. The maximum atomic E-state index is 11.3. The van der Waals surface area contributed by atoms with Crippen LogP contribution in [0.25, 0.3) is 0 Å². The maximum Gasteiger partial charge on any atom is 0.320 e. The predicted molar refractivity (Wildman–Crippen MR) is 51.1 cm³/mol. The van der Waals surface area contributed by atoms with Gasteiger partial charge in [-0.05, 0) is 12.8 Å². The first kappa shape index (κ1) is 12.4. The third-order valence-electron chi connectivity index (χ3n) is 1.61. The van der Waals surface area contributed by atoms with Gasteiger partial charge in [0.15, 0.2) is 0 Å². The molecule has 6 heteroatoms. The molecule has 0 aromatic rings. The van der Waals surface area contributed by atoms with Crippen LogP contribution in [0.2, 0.25) is 0 Å². The monoisotopic (exact) mass is 208 g/mol. The molecule has 13 heavy (non-hydrogen) atoms. The molecule has 0 aromatic heterocycles. The number of rotatable bonds is 6. The summed E-state index contributed by atoms with van der Waals surface area (Å²) in [6.45, 7) is 1.84. The van der Waals surface area contributed by atoms with Crippen LogP contribution in [0.4, 0.5) is 0 Å². The van der Waals surface area contributed by atoms with Crippen LogP contribution >= 0.6 is 0 Å². The summed E-state index contributed by atoms with van der Waals surface area (Å²) in [5.41, 5.74) is 5.21. The molecular formula is C7H16N2O3S. The van der Waals surface area contributed by atoms with Gasteiger partial charge in [-0.15, -0.1) is 0 Å². The average molecular weight is 208 g/mol. The molecule has 4 N–H and O–H groups in total. The molecule has 78 valence electrons. The van der Waals surface area contributed by atoms with Gasteiger partial charge >= 0.3 is 5.97 Å². The summed E-state index contributed by atoms with van der Waals surface area (Å²) >= 11 is 0. The molecule has 0 aromatic carbocycles. The Morgan fingerprint density at radius 3 is 2.54 bits per heavy atom. The highest BCUT2D eigenvalue weighted by Gasteiger charge is 2.14. The third-order valence-corrected chi connectivity index (χ3v) is 3.57. The number of nitrogens with two attached hydrogens (primary N) is 1. The standard InChI is InChI=1S/C7H16N2O3S/c1-2-4-13(9,12)5-3-6(8)7(10)11/h6,9H,2-5,8H2,1H3,(H,10,11)/t6-,13+/m1/s1. The fourth-order valence-corrected chi connectivity index (χ4v) is 2.37. The molecule has 0 rings (SSSR count). The quantitative estimate of drug-likeness (QED) is 0.581. The lowest BCUT2D eigenvalue weighted by Gasteiger charge is -2.08. The summed E-state index contributed by atoms with van der Waals surface area (Å²) in [5, 5.41) is 8.43. The molecule has 0 fully saturated rings. The molecule has 0 aliphatic carbocycles. The third kappa shape index (κ3) is 5.59. The zero-order chi connectivity index (χ0) is 10.5. The van der Waals surface area contributed by atoms with Gasteiger partial charge in [-0.1, -0.05) is 6.92 Å². The Labute approximate surface area is 78.3 Å². The number of carboxylic acids is 1. The highest BCUT2D eigenvalue weighted by Crippen LogP contribution is 2.00. The van der Waals surface area contributed by atoms with Crippen LogP contribution in [0.15, 0.2) is 0 Å². The van der Waals surface area contributed by atoms with Crippen molar-refractivity contribution in [2.45, 2.75) is 25.8 Å². The molecular weight excluding hydrogens is 192 g/mol. The van der Waals surface area contributed by atoms with Gasteiger partial charge in [0, 0.05) is 21.2 Å².